The second kappa shape index (κ2) is 12.4. The van der Waals surface area contributed by atoms with Gasteiger partial charge in [-0.1, -0.05) is 31.2 Å². The first-order chi connectivity index (χ1) is 20.6. The minimum absolute atomic E-state index is 0.0363. The fraction of sp³-hybridized carbons (Fsp3) is 0.345. The molecular weight excluding hydrogens is 569 g/mol. The predicted molar refractivity (Wildman–Crippen MR) is 152 cm³/mol. The molecule has 3 heterocycles. The monoisotopic (exact) mass is 600 g/mol. The Balaban J connectivity index is 1.59. The summed E-state index contributed by atoms with van der Waals surface area (Å²) in [5.41, 5.74) is 8.56. The van der Waals surface area contributed by atoms with Gasteiger partial charge in [0.2, 0.25) is 0 Å². The van der Waals surface area contributed by atoms with E-state index in [1.165, 1.54) is 13.3 Å². The van der Waals surface area contributed by atoms with Crippen LogP contribution in [0, 0.1) is 0 Å². The maximum absolute atomic E-state index is 13.4. The number of aromatic nitrogens is 1. The summed E-state index contributed by atoms with van der Waals surface area (Å²) in [4.78, 5) is 36.2. The number of methoxy groups -OCH3 is 1. The lowest BCUT2D eigenvalue weighted by molar-refractivity contribution is -0.201. The topological polar surface area (TPSA) is 131 Å². The SMILES string of the molecule is CCc1c(CN2CCOCC2)cccc1Nc1c(C(N)=O)cnc2c1N(OC(=O)C(F)(F)F)C(c1ccc(OC)cc1)N2. The third-order valence-electron chi connectivity index (χ3n) is 7.28. The summed E-state index contributed by atoms with van der Waals surface area (Å²) in [6.07, 6.45) is -4.58. The van der Waals surface area contributed by atoms with Crippen LogP contribution in [0.2, 0.25) is 0 Å². The lowest BCUT2D eigenvalue weighted by Crippen LogP contribution is -2.37. The largest absolute Gasteiger partial charge is 0.497 e. The highest BCUT2D eigenvalue weighted by atomic mass is 19.4. The molecule has 43 heavy (non-hydrogen) atoms. The number of fused-ring (bicyclic) bond motifs is 1. The second-order valence-electron chi connectivity index (χ2n) is 9.94. The molecule has 0 radical (unpaired) electrons. The van der Waals surface area contributed by atoms with Crippen molar-refractivity contribution in [2.24, 2.45) is 5.73 Å². The van der Waals surface area contributed by atoms with Gasteiger partial charge in [0, 0.05) is 31.5 Å². The number of anilines is 4. The van der Waals surface area contributed by atoms with Gasteiger partial charge in [0.05, 0.1) is 31.6 Å². The van der Waals surface area contributed by atoms with Crippen molar-refractivity contribution >= 4 is 34.8 Å². The number of halogens is 3. The zero-order valence-electron chi connectivity index (χ0n) is 23.5. The maximum atomic E-state index is 13.4. The van der Waals surface area contributed by atoms with E-state index in [9.17, 15) is 22.8 Å². The molecular formula is C29H31F3N6O5. The first-order valence-corrected chi connectivity index (χ1v) is 13.6. The van der Waals surface area contributed by atoms with Gasteiger partial charge in [-0.15, -0.1) is 0 Å². The molecule has 0 spiro atoms. The average molecular weight is 601 g/mol. The van der Waals surface area contributed by atoms with Gasteiger partial charge in [-0.25, -0.2) is 9.78 Å². The number of carbonyl (C=O) groups excluding carboxylic acids is 2. The van der Waals surface area contributed by atoms with Crippen molar-refractivity contribution in [3.63, 3.8) is 0 Å². The molecule has 4 N–H and O–H groups in total. The number of nitrogens with zero attached hydrogens (tertiary/aromatic N) is 3. The number of primary amides is 1. The molecule has 0 bridgehead atoms. The number of nitrogens with one attached hydrogen (secondary N) is 2. The van der Waals surface area contributed by atoms with Crippen molar-refractivity contribution in [2.45, 2.75) is 32.2 Å². The Bertz CT molecular complexity index is 1500. The number of hydroxylamine groups is 1. The average Bonchev–Trinajstić information content (AvgIpc) is 3.36. The highest BCUT2D eigenvalue weighted by Gasteiger charge is 2.46. The molecule has 1 saturated heterocycles. The van der Waals surface area contributed by atoms with Crippen LogP contribution < -0.4 is 26.2 Å². The zero-order valence-corrected chi connectivity index (χ0v) is 23.5. The van der Waals surface area contributed by atoms with E-state index in [4.69, 9.17) is 20.0 Å². The van der Waals surface area contributed by atoms with Gasteiger partial charge >= 0.3 is 12.1 Å². The Morgan fingerprint density at radius 2 is 1.88 bits per heavy atom. The van der Waals surface area contributed by atoms with E-state index in [0.29, 0.717) is 43.2 Å². The van der Waals surface area contributed by atoms with Gasteiger partial charge in [-0.05, 0) is 41.3 Å². The van der Waals surface area contributed by atoms with Crippen molar-refractivity contribution in [3.05, 3.63) is 70.9 Å². The van der Waals surface area contributed by atoms with Crippen LogP contribution in [0.4, 0.5) is 36.1 Å². The lowest BCUT2D eigenvalue weighted by atomic mass is 10.0. The van der Waals surface area contributed by atoms with Crippen LogP contribution in [0.3, 0.4) is 0 Å². The molecule has 228 valence electrons. The molecule has 1 unspecified atom stereocenters. The van der Waals surface area contributed by atoms with Crippen molar-refractivity contribution in [2.75, 3.05) is 49.1 Å². The summed E-state index contributed by atoms with van der Waals surface area (Å²) in [7, 11) is 1.48. The Kier molecular flexibility index (Phi) is 8.59. The molecule has 14 heteroatoms. The Hall–Kier alpha value is -4.56. The number of nitrogens with two attached hydrogens (primary N) is 1. The van der Waals surface area contributed by atoms with Gasteiger partial charge < -0.3 is 30.7 Å². The van der Waals surface area contributed by atoms with E-state index in [1.54, 1.807) is 30.3 Å². The van der Waals surface area contributed by atoms with E-state index < -0.39 is 24.2 Å². The maximum Gasteiger partial charge on any atom is 0.493 e. The molecule has 11 nitrogen and oxygen atoms in total. The molecule has 1 aromatic heterocycles. The van der Waals surface area contributed by atoms with Crippen LogP contribution in [-0.2, 0) is 27.3 Å². The van der Waals surface area contributed by atoms with Crippen LogP contribution in [0.25, 0.3) is 0 Å². The molecule has 0 saturated carbocycles. The fourth-order valence-corrected chi connectivity index (χ4v) is 5.15. The van der Waals surface area contributed by atoms with Crippen LogP contribution in [0.15, 0.2) is 48.7 Å². The van der Waals surface area contributed by atoms with E-state index in [0.717, 1.165) is 29.3 Å². The van der Waals surface area contributed by atoms with Crippen molar-refractivity contribution in [3.8, 4) is 5.75 Å². The minimum atomic E-state index is -5.29. The fourth-order valence-electron chi connectivity index (χ4n) is 5.15. The molecule has 1 atom stereocenters. The molecule has 5 rings (SSSR count). The minimum Gasteiger partial charge on any atom is -0.497 e. The third-order valence-corrected chi connectivity index (χ3v) is 7.28. The second-order valence-corrected chi connectivity index (χ2v) is 9.94. The van der Waals surface area contributed by atoms with Gasteiger partial charge in [-0.3, -0.25) is 9.69 Å². The summed E-state index contributed by atoms with van der Waals surface area (Å²) in [5.74, 6) is -2.74. The van der Waals surface area contributed by atoms with Crippen molar-refractivity contribution < 1.29 is 37.1 Å². The van der Waals surface area contributed by atoms with Crippen LogP contribution >= 0.6 is 0 Å². The first-order valence-electron chi connectivity index (χ1n) is 13.6. The van der Waals surface area contributed by atoms with Gasteiger partial charge in [0.1, 0.15) is 11.4 Å². The number of hydrogen-bond acceptors (Lipinski definition) is 10. The number of morpholine rings is 1. The Morgan fingerprint density at radius 1 is 1.16 bits per heavy atom. The first kappa shape index (κ1) is 29.9. The highest BCUT2D eigenvalue weighted by Crippen LogP contribution is 2.48. The van der Waals surface area contributed by atoms with E-state index >= 15 is 0 Å². The van der Waals surface area contributed by atoms with Gasteiger partial charge in [-0.2, -0.15) is 18.2 Å². The molecule has 2 aliphatic rings. The molecule has 0 aliphatic carbocycles. The summed E-state index contributed by atoms with van der Waals surface area (Å²) in [6, 6.07) is 12.1. The molecule has 1 amide bonds. The number of benzene rings is 2. The molecule has 1 fully saturated rings. The quantitative estimate of drug-likeness (QED) is 0.327. The predicted octanol–water partition coefficient (Wildman–Crippen LogP) is 4.28. The van der Waals surface area contributed by atoms with Crippen molar-refractivity contribution in [1.82, 2.24) is 9.88 Å². The number of pyridine rings is 1. The number of amides is 1. The zero-order chi connectivity index (χ0) is 30.7. The van der Waals surface area contributed by atoms with E-state index in [-0.39, 0.29) is 22.8 Å². The Morgan fingerprint density at radius 3 is 2.51 bits per heavy atom. The standard InChI is InChI=1S/C29H31F3N6O5/c1-3-20-18(16-37-11-13-42-14-12-37)5-4-6-22(20)35-23-21(25(33)39)15-34-26-24(23)38(43-28(40)29(30,31)32)27(36-26)17-7-9-19(41-2)10-8-17/h4-10,15,27H,3,11-14,16H2,1-2H3,(H2,33,39)(H2,34,35,36). The van der Waals surface area contributed by atoms with E-state index in [1.807, 2.05) is 19.1 Å². The number of carbonyl (C=O) groups is 2. The number of ether oxygens (including phenoxy) is 2. The van der Waals surface area contributed by atoms with Gasteiger partial charge in [0.25, 0.3) is 5.91 Å². The number of hydrogen-bond donors (Lipinski definition) is 3. The summed E-state index contributed by atoms with van der Waals surface area (Å²) in [6.45, 7) is 5.48. The lowest BCUT2D eigenvalue weighted by Gasteiger charge is -2.29. The smallest absolute Gasteiger partial charge is 0.493 e. The molecule has 2 aromatic carbocycles. The van der Waals surface area contributed by atoms with Crippen LogP contribution in [0.5, 0.6) is 5.75 Å². The summed E-state index contributed by atoms with van der Waals surface area (Å²) >= 11 is 0. The highest BCUT2D eigenvalue weighted by molar-refractivity contribution is 6.05. The molecule has 2 aliphatic heterocycles. The molecule has 3 aromatic rings. The number of alkyl halides is 3. The third kappa shape index (κ3) is 6.29. The summed E-state index contributed by atoms with van der Waals surface area (Å²) < 4.78 is 51.0. The number of rotatable bonds is 9. The van der Waals surface area contributed by atoms with Crippen LogP contribution in [0.1, 0.15) is 40.1 Å². The van der Waals surface area contributed by atoms with Crippen molar-refractivity contribution in [1.29, 1.82) is 0 Å². The van der Waals surface area contributed by atoms with E-state index in [2.05, 4.69) is 20.5 Å². The van der Waals surface area contributed by atoms with Crippen LogP contribution in [-0.4, -0.2) is 61.3 Å². The normalized spacial score (nSPS) is 16.8. The Labute approximate surface area is 245 Å². The van der Waals surface area contributed by atoms with Gasteiger partial charge in [0.15, 0.2) is 12.0 Å². The summed E-state index contributed by atoms with van der Waals surface area (Å²) in [5, 5.41) is 6.99.